The first-order chi connectivity index (χ1) is 14.6. The van der Waals surface area contributed by atoms with Gasteiger partial charge in [-0.25, -0.2) is 21.9 Å². The Bertz CT molecular complexity index is 1110. The van der Waals surface area contributed by atoms with Gasteiger partial charge >= 0.3 is 5.97 Å². The Labute approximate surface area is 184 Å². The highest BCUT2D eigenvalue weighted by Gasteiger charge is 2.23. The molecular weight excluding hydrogens is 449 g/mol. The first-order valence-electron chi connectivity index (χ1n) is 8.90. The van der Waals surface area contributed by atoms with Crippen molar-refractivity contribution in [3.05, 3.63) is 58.9 Å². The molecule has 0 aromatic heterocycles. The number of halogens is 2. The molecule has 0 N–H and O–H groups in total. The molecule has 0 fully saturated rings. The van der Waals surface area contributed by atoms with Gasteiger partial charge in [0.05, 0.1) is 28.0 Å². The molecule has 31 heavy (non-hydrogen) atoms. The Morgan fingerprint density at radius 2 is 1.81 bits per heavy atom. The van der Waals surface area contributed by atoms with E-state index in [1.165, 1.54) is 43.3 Å². The van der Waals surface area contributed by atoms with Crippen LogP contribution in [-0.2, 0) is 19.6 Å². The van der Waals surface area contributed by atoms with Crippen LogP contribution in [0.4, 0.5) is 10.1 Å². The topological polar surface area (TPSA) is 108 Å². The van der Waals surface area contributed by atoms with Gasteiger partial charge in [0.2, 0.25) is 10.0 Å². The van der Waals surface area contributed by atoms with Gasteiger partial charge in [-0.15, -0.1) is 0 Å². The minimum absolute atomic E-state index is 0.00727. The van der Waals surface area contributed by atoms with Crippen LogP contribution in [0, 0.1) is 17.1 Å². The Morgan fingerprint density at radius 3 is 2.39 bits per heavy atom. The van der Waals surface area contributed by atoms with E-state index in [0.717, 1.165) is 22.5 Å². The Balaban J connectivity index is 2.19. The maximum Gasteiger partial charge on any atom is 0.340 e. The molecule has 0 saturated carbocycles. The summed E-state index contributed by atoms with van der Waals surface area (Å²) in [6.45, 7) is -0.682. The van der Waals surface area contributed by atoms with Crippen LogP contribution < -0.4 is 4.90 Å². The molecule has 0 atom stereocenters. The van der Waals surface area contributed by atoms with E-state index in [4.69, 9.17) is 21.6 Å². The van der Waals surface area contributed by atoms with Crippen LogP contribution in [0.3, 0.4) is 0 Å². The van der Waals surface area contributed by atoms with Crippen LogP contribution in [0.1, 0.15) is 16.8 Å². The molecule has 0 unspecified atom stereocenters. The fraction of sp³-hybridized carbons (Fsp3) is 0.250. The number of ether oxygens (including phenoxy) is 1. The van der Waals surface area contributed by atoms with Crippen LogP contribution >= 0.6 is 11.6 Å². The van der Waals surface area contributed by atoms with Gasteiger partial charge in [-0.3, -0.25) is 4.79 Å². The molecule has 0 aliphatic rings. The van der Waals surface area contributed by atoms with Gasteiger partial charge in [0.15, 0.2) is 6.61 Å². The quantitative estimate of drug-likeness (QED) is 0.552. The standard InChI is InChI=1S/C20H19ClFN3O5S/c1-24(2)31(28,29)16-8-9-18(21)17(12-16)20(27)30-13-19(26)25(11-3-10-23)15-6-4-14(22)5-7-15/h4-9,12H,3,11,13H2,1-2H3. The van der Waals surface area contributed by atoms with E-state index >= 15 is 0 Å². The van der Waals surface area contributed by atoms with Crippen LogP contribution in [0.15, 0.2) is 47.4 Å². The van der Waals surface area contributed by atoms with Crippen molar-refractivity contribution in [3.8, 4) is 6.07 Å². The maximum absolute atomic E-state index is 13.2. The number of sulfonamides is 1. The van der Waals surface area contributed by atoms with Gasteiger partial charge in [0, 0.05) is 26.3 Å². The minimum Gasteiger partial charge on any atom is -0.452 e. The highest BCUT2D eigenvalue weighted by molar-refractivity contribution is 7.89. The number of nitrogens with zero attached hydrogens (tertiary/aromatic N) is 3. The Hall–Kier alpha value is -3.00. The summed E-state index contributed by atoms with van der Waals surface area (Å²) in [5.74, 6) is -2.14. The lowest BCUT2D eigenvalue weighted by Crippen LogP contribution is -2.35. The summed E-state index contributed by atoms with van der Waals surface area (Å²) >= 11 is 6.00. The van der Waals surface area contributed by atoms with Crippen molar-refractivity contribution < 1.29 is 27.1 Å². The highest BCUT2D eigenvalue weighted by Crippen LogP contribution is 2.23. The lowest BCUT2D eigenvalue weighted by atomic mass is 10.2. The molecule has 0 radical (unpaired) electrons. The third kappa shape index (κ3) is 6.01. The summed E-state index contributed by atoms with van der Waals surface area (Å²) in [6.07, 6.45) is 0.00727. The van der Waals surface area contributed by atoms with Crippen molar-refractivity contribution in [1.82, 2.24) is 4.31 Å². The summed E-state index contributed by atoms with van der Waals surface area (Å²) in [5.41, 5.74) is 0.109. The van der Waals surface area contributed by atoms with Crippen molar-refractivity contribution in [2.24, 2.45) is 0 Å². The summed E-state index contributed by atoms with van der Waals surface area (Å²) in [6, 6.07) is 10.5. The zero-order chi connectivity index (χ0) is 23.2. The predicted molar refractivity (Wildman–Crippen MR) is 112 cm³/mol. The molecule has 11 heteroatoms. The van der Waals surface area contributed by atoms with E-state index in [1.807, 2.05) is 6.07 Å². The van der Waals surface area contributed by atoms with Crippen molar-refractivity contribution in [2.75, 3.05) is 32.1 Å². The average molecular weight is 468 g/mol. The Morgan fingerprint density at radius 1 is 1.16 bits per heavy atom. The number of esters is 1. The second-order valence-corrected chi connectivity index (χ2v) is 8.99. The van der Waals surface area contributed by atoms with Crippen molar-refractivity contribution in [1.29, 1.82) is 5.26 Å². The SMILES string of the molecule is CN(C)S(=O)(=O)c1ccc(Cl)c(C(=O)OCC(=O)N(CCC#N)c2ccc(F)cc2)c1. The normalized spacial score (nSPS) is 11.1. The molecule has 2 rings (SSSR count). The number of carbonyl (C=O) groups excluding carboxylic acids is 2. The third-order valence-corrected chi connectivity index (χ3v) is 6.29. The summed E-state index contributed by atoms with van der Waals surface area (Å²) in [4.78, 5) is 26.1. The number of nitriles is 1. The molecule has 0 heterocycles. The minimum atomic E-state index is -3.81. The first-order valence-corrected chi connectivity index (χ1v) is 10.7. The Kier molecular flexibility index (Phi) is 8.10. The molecular formula is C20H19ClFN3O5S. The first kappa shape index (κ1) is 24.3. The summed E-state index contributed by atoms with van der Waals surface area (Å²) in [5, 5.41) is 8.77. The number of benzene rings is 2. The second-order valence-electron chi connectivity index (χ2n) is 6.44. The molecule has 0 aliphatic carbocycles. The summed E-state index contributed by atoms with van der Waals surface area (Å²) in [7, 11) is -1.14. The zero-order valence-corrected chi connectivity index (χ0v) is 18.3. The predicted octanol–water partition coefficient (Wildman–Crippen LogP) is 2.83. The van der Waals surface area contributed by atoms with Crippen molar-refractivity contribution >= 4 is 39.2 Å². The smallest absolute Gasteiger partial charge is 0.340 e. The second kappa shape index (κ2) is 10.3. The fourth-order valence-electron chi connectivity index (χ4n) is 2.50. The molecule has 8 nitrogen and oxygen atoms in total. The molecule has 164 valence electrons. The van der Waals surface area contributed by atoms with E-state index in [2.05, 4.69) is 0 Å². The van der Waals surface area contributed by atoms with E-state index in [9.17, 15) is 22.4 Å². The highest BCUT2D eigenvalue weighted by atomic mass is 35.5. The lowest BCUT2D eigenvalue weighted by Gasteiger charge is -2.21. The van der Waals surface area contributed by atoms with Crippen LogP contribution in [0.25, 0.3) is 0 Å². The van der Waals surface area contributed by atoms with E-state index in [1.54, 1.807) is 0 Å². The van der Waals surface area contributed by atoms with Crippen LogP contribution in [-0.4, -0.2) is 51.8 Å². The van der Waals surface area contributed by atoms with Gasteiger partial charge in [-0.2, -0.15) is 5.26 Å². The summed E-state index contributed by atoms with van der Waals surface area (Å²) < 4.78 is 43.7. The third-order valence-electron chi connectivity index (χ3n) is 4.15. The van der Waals surface area contributed by atoms with Gasteiger partial charge < -0.3 is 9.64 Å². The van der Waals surface area contributed by atoms with Crippen LogP contribution in [0.5, 0.6) is 0 Å². The van der Waals surface area contributed by atoms with Gasteiger partial charge in [-0.05, 0) is 42.5 Å². The number of hydrogen-bond acceptors (Lipinski definition) is 6. The molecule has 2 aromatic carbocycles. The van der Waals surface area contributed by atoms with Gasteiger partial charge in [-0.1, -0.05) is 11.6 Å². The molecule has 1 amide bonds. The van der Waals surface area contributed by atoms with Crippen LogP contribution in [0.2, 0.25) is 5.02 Å². The fourth-order valence-corrected chi connectivity index (χ4v) is 3.62. The zero-order valence-electron chi connectivity index (χ0n) is 16.7. The molecule has 0 bridgehead atoms. The lowest BCUT2D eigenvalue weighted by molar-refractivity contribution is -0.121. The van der Waals surface area contributed by atoms with Crippen molar-refractivity contribution in [3.63, 3.8) is 0 Å². The van der Waals surface area contributed by atoms with E-state index in [0.29, 0.717) is 5.69 Å². The van der Waals surface area contributed by atoms with E-state index < -0.39 is 34.3 Å². The average Bonchev–Trinajstić information content (AvgIpc) is 2.73. The van der Waals surface area contributed by atoms with Gasteiger partial charge in [0.25, 0.3) is 5.91 Å². The number of hydrogen-bond donors (Lipinski definition) is 0. The van der Waals surface area contributed by atoms with E-state index in [-0.39, 0.29) is 28.4 Å². The number of amides is 1. The number of carbonyl (C=O) groups is 2. The number of anilines is 1. The molecule has 0 spiro atoms. The maximum atomic E-state index is 13.2. The number of rotatable bonds is 8. The van der Waals surface area contributed by atoms with Crippen molar-refractivity contribution in [2.45, 2.75) is 11.3 Å². The van der Waals surface area contributed by atoms with Gasteiger partial charge in [0.1, 0.15) is 5.82 Å². The molecule has 2 aromatic rings. The molecule has 0 saturated heterocycles. The molecule has 0 aliphatic heterocycles. The monoisotopic (exact) mass is 467 g/mol. The largest absolute Gasteiger partial charge is 0.452 e.